The number of aliphatic hydroxyl groups is 1. The second-order valence-electron chi connectivity index (χ2n) is 6.57. The largest absolute Gasteiger partial charge is 0.443 e. The Morgan fingerprint density at radius 3 is 2.77 bits per heavy atom. The van der Waals surface area contributed by atoms with Gasteiger partial charge in [0, 0.05) is 26.2 Å². The molecule has 10 heteroatoms. The van der Waals surface area contributed by atoms with Crippen LogP contribution >= 0.6 is 0 Å². The Morgan fingerprint density at radius 2 is 2.23 bits per heavy atom. The van der Waals surface area contributed by atoms with E-state index >= 15 is 0 Å². The minimum Gasteiger partial charge on any atom is -0.443 e. The molecule has 1 saturated heterocycles. The number of hydrazine groups is 1. The molecule has 1 aliphatic heterocycles. The van der Waals surface area contributed by atoms with Crippen LogP contribution < -0.4 is 16.9 Å². The normalized spacial score (nSPS) is 21.8. The summed E-state index contributed by atoms with van der Waals surface area (Å²) in [5, 5.41) is 13.6. The molecule has 3 atom stereocenters. The van der Waals surface area contributed by atoms with Crippen LogP contribution in [-0.2, 0) is 9.59 Å². The number of rotatable bonds is 6. The molecule has 144 valence electrons. The second-order valence-corrected chi connectivity index (χ2v) is 6.57. The van der Waals surface area contributed by atoms with Crippen molar-refractivity contribution in [2.45, 2.75) is 38.5 Å². The van der Waals surface area contributed by atoms with E-state index in [1.165, 1.54) is 35.6 Å². The van der Waals surface area contributed by atoms with Gasteiger partial charge in [0.1, 0.15) is 24.0 Å². The van der Waals surface area contributed by atoms with Gasteiger partial charge in [-0.2, -0.15) is 0 Å². The van der Waals surface area contributed by atoms with Crippen LogP contribution in [0.15, 0.2) is 23.1 Å². The van der Waals surface area contributed by atoms with E-state index in [9.17, 15) is 14.7 Å². The van der Waals surface area contributed by atoms with Crippen molar-refractivity contribution in [2.24, 2.45) is 17.5 Å². The van der Waals surface area contributed by atoms with Gasteiger partial charge in [0.25, 0.3) is 0 Å². The predicted octanol–water partition coefficient (Wildman–Crippen LogP) is -1.16. The van der Waals surface area contributed by atoms with Gasteiger partial charge in [-0.3, -0.25) is 9.59 Å². The number of carbonyl (C=O) groups is 2. The summed E-state index contributed by atoms with van der Waals surface area (Å²) in [6.45, 7) is 3.74. The first-order valence-electron chi connectivity index (χ1n) is 8.36. The van der Waals surface area contributed by atoms with Crippen molar-refractivity contribution in [2.75, 3.05) is 13.6 Å². The van der Waals surface area contributed by atoms with Crippen LogP contribution in [0.1, 0.15) is 26.2 Å². The molecule has 1 aromatic heterocycles. The highest BCUT2D eigenvalue weighted by Crippen LogP contribution is 2.23. The van der Waals surface area contributed by atoms with Gasteiger partial charge in [0.2, 0.25) is 17.7 Å². The number of aliphatic hydroxyl groups excluding tert-OH is 1. The van der Waals surface area contributed by atoms with Crippen molar-refractivity contribution in [1.29, 1.82) is 0 Å². The summed E-state index contributed by atoms with van der Waals surface area (Å²) >= 11 is 0. The Kier molecular flexibility index (Phi) is 6.22. The highest BCUT2D eigenvalue weighted by Gasteiger charge is 2.42. The van der Waals surface area contributed by atoms with Gasteiger partial charge in [-0.25, -0.2) is 10.8 Å². The Morgan fingerprint density at radius 1 is 1.54 bits per heavy atom. The lowest BCUT2D eigenvalue weighted by Gasteiger charge is -2.34. The molecule has 3 unspecified atom stereocenters. The fourth-order valence-corrected chi connectivity index (χ4v) is 3.06. The van der Waals surface area contributed by atoms with Crippen LogP contribution in [0.25, 0.3) is 5.70 Å². The number of nitrogens with one attached hydrogen (secondary N) is 1. The van der Waals surface area contributed by atoms with Crippen molar-refractivity contribution in [3.63, 3.8) is 0 Å². The maximum Gasteiger partial charge on any atom is 0.247 e. The summed E-state index contributed by atoms with van der Waals surface area (Å²) in [5.74, 6) is 5.41. The smallest absolute Gasteiger partial charge is 0.247 e. The van der Waals surface area contributed by atoms with Crippen molar-refractivity contribution < 1.29 is 19.1 Å². The maximum absolute atomic E-state index is 13.1. The van der Waals surface area contributed by atoms with Crippen LogP contribution in [0.5, 0.6) is 0 Å². The number of carbonyl (C=O) groups excluding carboxylic acids is 2. The second kappa shape index (κ2) is 8.19. The average molecular weight is 366 g/mol. The third-order valence-electron chi connectivity index (χ3n) is 4.28. The van der Waals surface area contributed by atoms with Crippen LogP contribution in [0.2, 0.25) is 0 Å². The molecule has 0 bridgehead atoms. The first kappa shape index (κ1) is 19.7. The molecule has 2 heterocycles. The zero-order valence-corrected chi connectivity index (χ0v) is 15.1. The molecule has 0 radical (unpaired) electrons. The third-order valence-corrected chi connectivity index (χ3v) is 4.28. The molecule has 0 aliphatic carbocycles. The van der Waals surface area contributed by atoms with Gasteiger partial charge in [0.05, 0.1) is 12.3 Å². The minimum absolute atomic E-state index is 0.0763. The number of aromatic nitrogens is 1. The number of amides is 2. The van der Waals surface area contributed by atoms with E-state index < -0.39 is 18.2 Å². The van der Waals surface area contributed by atoms with Gasteiger partial charge >= 0.3 is 0 Å². The quantitative estimate of drug-likeness (QED) is 0.363. The number of likely N-dealkylation sites (tertiary alicyclic amines) is 1. The Hall–Kier alpha value is -2.59. The van der Waals surface area contributed by atoms with E-state index in [4.69, 9.17) is 16.0 Å². The first-order valence-corrected chi connectivity index (χ1v) is 8.36. The molecule has 10 nitrogen and oxygen atoms in total. The fraction of sp³-hybridized carbons (Fsp3) is 0.562. The first-order chi connectivity index (χ1) is 12.3. The van der Waals surface area contributed by atoms with E-state index in [0.29, 0.717) is 0 Å². The molecule has 2 amide bonds. The summed E-state index contributed by atoms with van der Waals surface area (Å²) in [6.07, 6.45) is 3.63. The lowest BCUT2D eigenvalue weighted by atomic mass is 10.0. The maximum atomic E-state index is 13.1. The number of hydrogen-bond acceptors (Lipinski definition) is 8. The zero-order valence-electron chi connectivity index (χ0n) is 15.1. The van der Waals surface area contributed by atoms with E-state index in [0.717, 1.165) is 0 Å². The Bertz CT molecular complexity index is 660. The standard InChI is InChI=1S/C16H26N6O4/c1-9(2)13(22(18)8-11(17)15-20-4-5-26-15)16(25)21-7-10(23)6-12(21)14(24)19-3/h4-5,8-10,12-13,23H,6-7,17-18H2,1-3H3,(H,19,24)/b11-8-. The van der Waals surface area contributed by atoms with Gasteiger partial charge in [-0.1, -0.05) is 13.8 Å². The molecule has 6 N–H and O–H groups in total. The molecule has 1 aliphatic rings. The lowest BCUT2D eigenvalue weighted by molar-refractivity contribution is -0.143. The van der Waals surface area contributed by atoms with Crippen LogP contribution in [0.3, 0.4) is 0 Å². The summed E-state index contributed by atoms with van der Waals surface area (Å²) in [7, 11) is 1.49. The van der Waals surface area contributed by atoms with Crippen LogP contribution in [-0.4, -0.2) is 63.6 Å². The molecule has 1 fully saturated rings. The molecule has 1 aromatic rings. The third kappa shape index (κ3) is 4.14. The van der Waals surface area contributed by atoms with Crippen LogP contribution in [0.4, 0.5) is 0 Å². The van der Waals surface area contributed by atoms with E-state index in [2.05, 4.69) is 10.3 Å². The van der Waals surface area contributed by atoms with E-state index in [1.807, 2.05) is 13.8 Å². The van der Waals surface area contributed by atoms with Gasteiger partial charge in [0.15, 0.2) is 0 Å². The van der Waals surface area contributed by atoms with Gasteiger partial charge in [-0.05, 0) is 5.92 Å². The summed E-state index contributed by atoms with van der Waals surface area (Å²) < 4.78 is 5.11. The Balaban J connectivity index is 2.24. The molecule has 0 saturated carbocycles. The monoisotopic (exact) mass is 366 g/mol. The van der Waals surface area contributed by atoms with Crippen LogP contribution in [0, 0.1) is 5.92 Å². The van der Waals surface area contributed by atoms with E-state index in [-0.39, 0.29) is 42.3 Å². The average Bonchev–Trinajstić information content (AvgIpc) is 3.23. The number of nitrogens with two attached hydrogens (primary N) is 2. The SMILES string of the molecule is CNC(=O)C1CC(O)CN1C(=O)C(C(C)C)N(N)/C=C(\N)c1ncco1. The highest BCUT2D eigenvalue weighted by molar-refractivity contribution is 5.90. The molecular weight excluding hydrogens is 340 g/mol. The van der Waals surface area contributed by atoms with Crippen molar-refractivity contribution in [1.82, 2.24) is 20.2 Å². The molecule has 2 rings (SSSR count). The summed E-state index contributed by atoms with van der Waals surface area (Å²) in [6, 6.07) is -1.51. The summed E-state index contributed by atoms with van der Waals surface area (Å²) in [5.41, 5.74) is 6.07. The number of β-amino-alcohol motifs (C(OH)–C–C–N with tert-alkyl or cyclic N) is 1. The number of oxazole rings is 1. The van der Waals surface area contributed by atoms with Crippen molar-refractivity contribution in [3.05, 3.63) is 24.6 Å². The van der Waals surface area contributed by atoms with Crippen molar-refractivity contribution in [3.8, 4) is 0 Å². The number of likely N-dealkylation sites (N-methyl/N-ethyl adjacent to an activating group) is 1. The molecule has 26 heavy (non-hydrogen) atoms. The predicted molar refractivity (Wildman–Crippen MR) is 93.5 cm³/mol. The van der Waals surface area contributed by atoms with Gasteiger partial charge in [-0.15, -0.1) is 0 Å². The Labute approximate surface area is 151 Å². The molecular formula is C16H26N6O4. The molecule has 0 spiro atoms. The number of nitrogens with zero attached hydrogens (tertiary/aromatic N) is 3. The van der Waals surface area contributed by atoms with Gasteiger partial charge < -0.3 is 30.5 Å². The summed E-state index contributed by atoms with van der Waals surface area (Å²) in [4.78, 5) is 30.4. The van der Waals surface area contributed by atoms with E-state index in [1.54, 1.807) is 0 Å². The molecule has 0 aromatic carbocycles. The van der Waals surface area contributed by atoms with Crippen molar-refractivity contribution >= 4 is 17.5 Å². The lowest BCUT2D eigenvalue weighted by Crippen LogP contribution is -2.55. The fourth-order valence-electron chi connectivity index (χ4n) is 3.06. The zero-order chi connectivity index (χ0) is 19.4. The number of hydrogen-bond donors (Lipinski definition) is 4. The highest BCUT2D eigenvalue weighted by atomic mass is 16.3. The topological polar surface area (TPSA) is 151 Å². The minimum atomic E-state index is -0.777.